The van der Waals surface area contributed by atoms with Crippen LogP contribution in [0.25, 0.3) is 0 Å². The molecule has 0 saturated carbocycles. The van der Waals surface area contributed by atoms with E-state index in [9.17, 15) is 0 Å². The molecule has 0 radical (unpaired) electrons. The van der Waals surface area contributed by atoms with E-state index < -0.39 is 19.8 Å². The van der Waals surface area contributed by atoms with Gasteiger partial charge in [0, 0.05) is 0 Å². The molecule has 0 aliphatic rings. The third-order valence-electron chi connectivity index (χ3n) is 2.90. The van der Waals surface area contributed by atoms with Gasteiger partial charge in [-0.05, 0) is 0 Å². The zero-order chi connectivity index (χ0) is 9.94. The van der Waals surface area contributed by atoms with Crippen molar-refractivity contribution in [1.82, 2.24) is 0 Å². The van der Waals surface area contributed by atoms with E-state index in [2.05, 4.69) is 20.8 Å². The SMILES string of the molecule is Br.CCC[CH2][SnH]([CH2]CCC)[CH2]CCC. The maximum absolute atomic E-state index is 2.34. The van der Waals surface area contributed by atoms with Crippen LogP contribution in [0.1, 0.15) is 59.3 Å². The Morgan fingerprint density at radius 3 is 1.14 bits per heavy atom. The second kappa shape index (κ2) is 14.3. The van der Waals surface area contributed by atoms with E-state index >= 15 is 0 Å². The molecule has 2 heteroatoms. The molecule has 0 N–H and O–H groups in total. The summed E-state index contributed by atoms with van der Waals surface area (Å²) < 4.78 is 5.08. The van der Waals surface area contributed by atoms with Crippen molar-refractivity contribution in [1.29, 1.82) is 0 Å². The third-order valence-corrected chi connectivity index (χ3v) is 13.4. The fraction of sp³-hybridized carbons (Fsp3) is 1.00. The molecule has 0 fully saturated rings. The summed E-state index contributed by atoms with van der Waals surface area (Å²) in [6.07, 6.45) is 8.87. The second-order valence-electron chi connectivity index (χ2n) is 4.29. The van der Waals surface area contributed by atoms with Gasteiger partial charge in [0.1, 0.15) is 0 Å². The van der Waals surface area contributed by atoms with Crippen LogP contribution in [-0.2, 0) is 0 Å². The summed E-state index contributed by atoms with van der Waals surface area (Å²) in [5.74, 6) is 0. The Balaban J connectivity index is 0. The van der Waals surface area contributed by atoms with Crippen LogP contribution < -0.4 is 0 Å². The van der Waals surface area contributed by atoms with Gasteiger partial charge in [-0.3, -0.25) is 0 Å². The van der Waals surface area contributed by atoms with Crippen molar-refractivity contribution in [2.45, 2.75) is 72.6 Å². The first-order valence-corrected chi connectivity index (χ1v) is 13.3. The van der Waals surface area contributed by atoms with Crippen LogP contribution in [0.2, 0.25) is 13.3 Å². The van der Waals surface area contributed by atoms with E-state index in [1.54, 1.807) is 13.3 Å². The molecular formula is C12H29BrSn. The van der Waals surface area contributed by atoms with Crippen molar-refractivity contribution in [3.8, 4) is 0 Å². The quantitative estimate of drug-likeness (QED) is 0.489. The summed E-state index contributed by atoms with van der Waals surface area (Å²) in [6, 6.07) is 0. The predicted molar refractivity (Wildman–Crippen MR) is 76.6 cm³/mol. The van der Waals surface area contributed by atoms with Gasteiger partial charge in [0.2, 0.25) is 0 Å². The van der Waals surface area contributed by atoms with Crippen LogP contribution in [0.5, 0.6) is 0 Å². The van der Waals surface area contributed by atoms with Gasteiger partial charge in [-0.1, -0.05) is 0 Å². The Morgan fingerprint density at radius 2 is 0.929 bits per heavy atom. The molecular weight excluding hydrogens is 343 g/mol. The van der Waals surface area contributed by atoms with Crippen molar-refractivity contribution in [2.75, 3.05) is 0 Å². The molecule has 0 nitrogen and oxygen atoms in total. The van der Waals surface area contributed by atoms with E-state index in [0.717, 1.165) is 0 Å². The standard InChI is InChI=1S/3C4H9.BrH.Sn.H/c3*1-3-4-2;;;/h3*1,3-4H2,2H3;1H;;. The topological polar surface area (TPSA) is 0 Å². The molecule has 0 unspecified atom stereocenters. The first kappa shape index (κ1) is 17.7. The summed E-state index contributed by atoms with van der Waals surface area (Å²) in [7, 11) is 0. The second-order valence-corrected chi connectivity index (χ2v) is 14.2. The van der Waals surface area contributed by atoms with Gasteiger partial charge in [-0.25, -0.2) is 0 Å². The van der Waals surface area contributed by atoms with Crippen LogP contribution in [0, 0.1) is 0 Å². The van der Waals surface area contributed by atoms with E-state index in [0.29, 0.717) is 0 Å². The van der Waals surface area contributed by atoms with Gasteiger partial charge >= 0.3 is 92.4 Å². The summed E-state index contributed by atoms with van der Waals surface area (Å²) in [5, 5.41) is 0. The van der Waals surface area contributed by atoms with Crippen LogP contribution >= 0.6 is 17.0 Å². The number of rotatable bonds is 9. The monoisotopic (exact) mass is 372 g/mol. The number of unbranched alkanes of at least 4 members (excludes halogenated alkanes) is 3. The number of halogens is 1. The Labute approximate surface area is 109 Å². The molecule has 88 valence electrons. The van der Waals surface area contributed by atoms with Crippen LogP contribution in [0.3, 0.4) is 0 Å². The van der Waals surface area contributed by atoms with E-state index in [1.807, 2.05) is 0 Å². The minimum absolute atomic E-state index is 0. The van der Waals surface area contributed by atoms with Crippen LogP contribution in [0.15, 0.2) is 0 Å². The van der Waals surface area contributed by atoms with Crippen LogP contribution in [0.4, 0.5) is 0 Å². The molecule has 0 aromatic rings. The number of hydrogen-bond donors (Lipinski definition) is 0. The van der Waals surface area contributed by atoms with Gasteiger partial charge in [0.15, 0.2) is 0 Å². The molecule has 0 saturated heterocycles. The minimum atomic E-state index is -0.967. The summed E-state index contributed by atoms with van der Waals surface area (Å²) in [6.45, 7) is 7.01. The molecule has 0 aromatic heterocycles. The van der Waals surface area contributed by atoms with Gasteiger partial charge in [-0.2, -0.15) is 0 Å². The average molecular weight is 372 g/mol. The molecule has 0 heterocycles. The normalized spacial score (nSPS) is 10.3. The zero-order valence-corrected chi connectivity index (χ0v) is 15.4. The number of hydrogen-bond acceptors (Lipinski definition) is 0. The van der Waals surface area contributed by atoms with Crippen molar-refractivity contribution >= 4 is 36.7 Å². The molecule has 0 atom stereocenters. The van der Waals surface area contributed by atoms with Crippen molar-refractivity contribution in [3.05, 3.63) is 0 Å². The van der Waals surface area contributed by atoms with Gasteiger partial charge in [-0.15, -0.1) is 17.0 Å². The molecule has 0 rings (SSSR count). The fourth-order valence-corrected chi connectivity index (χ4v) is 12.8. The maximum atomic E-state index is 2.34. The molecule has 0 bridgehead atoms. The van der Waals surface area contributed by atoms with E-state index in [1.165, 1.54) is 38.5 Å². The van der Waals surface area contributed by atoms with Gasteiger partial charge < -0.3 is 0 Å². The predicted octanol–water partition coefficient (Wildman–Crippen LogP) is 5.19. The molecule has 0 amide bonds. The Bertz CT molecular complexity index is 77.3. The first-order valence-electron chi connectivity index (χ1n) is 6.35. The van der Waals surface area contributed by atoms with Crippen molar-refractivity contribution in [3.63, 3.8) is 0 Å². The zero-order valence-electron chi connectivity index (χ0n) is 10.3. The molecule has 0 aromatic carbocycles. The van der Waals surface area contributed by atoms with Gasteiger partial charge in [0.25, 0.3) is 0 Å². The fourth-order valence-electron chi connectivity index (χ4n) is 1.91. The van der Waals surface area contributed by atoms with Crippen molar-refractivity contribution in [2.24, 2.45) is 0 Å². The van der Waals surface area contributed by atoms with E-state index in [4.69, 9.17) is 0 Å². The van der Waals surface area contributed by atoms with Crippen LogP contribution in [-0.4, -0.2) is 19.8 Å². The summed E-state index contributed by atoms with van der Waals surface area (Å²) in [5.41, 5.74) is 0. The average Bonchev–Trinajstić information content (AvgIpc) is 2.17. The Morgan fingerprint density at radius 1 is 0.643 bits per heavy atom. The van der Waals surface area contributed by atoms with Crippen molar-refractivity contribution < 1.29 is 0 Å². The summed E-state index contributed by atoms with van der Waals surface area (Å²) in [4.78, 5) is 0. The molecule has 0 spiro atoms. The Kier molecular flexibility index (Phi) is 18.0. The van der Waals surface area contributed by atoms with E-state index in [-0.39, 0.29) is 17.0 Å². The molecule has 14 heavy (non-hydrogen) atoms. The third kappa shape index (κ3) is 11.4. The molecule has 0 aliphatic heterocycles. The summed E-state index contributed by atoms with van der Waals surface area (Å²) >= 11 is -0.967. The Hall–Kier alpha value is 1.28. The first-order chi connectivity index (χ1) is 6.35. The van der Waals surface area contributed by atoms with Gasteiger partial charge in [0.05, 0.1) is 0 Å². The molecule has 0 aliphatic carbocycles.